The zero-order valence-electron chi connectivity index (χ0n) is 9.20. The molecule has 0 saturated carbocycles. The normalized spacial score (nSPS) is 25.4. The van der Waals surface area contributed by atoms with E-state index in [-0.39, 0.29) is 11.3 Å². The summed E-state index contributed by atoms with van der Waals surface area (Å²) in [6, 6.07) is 1.40. The maximum atomic E-state index is 13.4. The number of carbonyl (C=O) groups excluding carboxylic acids is 1. The molecule has 2 rings (SSSR count). The first-order valence-corrected chi connectivity index (χ1v) is 5.42. The van der Waals surface area contributed by atoms with Crippen molar-refractivity contribution in [1.29, 1.82) is 0 Å². The monoisotopic (exact) mass is 223 g/mol. The Bertz CT molecular complexity index is 400. The minimum absolute atomic E-state index is 0.0689. The topological polar surface area (TPSA) is 39.2 Å². The molecule has 1 atom stereocenters. The fraction of sp³-hybridized carbons (Fsp3) is 0.500. The van der Waals surface area contributed by atoms with E-state index in [1.54, 1.807) is 6.92 Å². The molecule has 1 unspecified atom stereocenters. The molecule has 16 heavy (non-hydrogen) atoms. The summed E-state index contributed by atoms with van der Waals surface area (Å²) in [6.45, 7) is 2.29. The SMILES string of the molecule is CC1(C(=O)c2ccncc2F)CCCCO1. The Balaban J connectivity index is 2.28. The van der Waals surface area contributed by atoms with Crippen LogP contribution in [0.5, 0.6) is 0 Å². The lowest BCUT2D eigenvalue weighted by Crippen LogP contribution is -2.41. The van der Waals surface area contributed by atoms with Crippen molar-refractivity contribution in [3.05, 3.63) is 29.8 Å². The van der Waals surface area contributed by atoms with Gasteiger partial charge in [0.1, 0.15) is 5.60 Å². The maximum Gasteiger partial charge on any atom is 0.197 e. The molecule has 1 aromatic heterocycles. The second-order valence-corrected chi connectivity index (χ2v) is 4.22. The molecule has 1 aromatic rings. The lowest BCUT2D eigenvalue weighted by molar-refractivity contribution is -0.0428. The molecule has 0 spiro atoms. The first-order valence-electron chi connectivity index (χ1n) is 5.42. The molecule has 3 nitrogen and oxygen atoms in total. The van der Waals surface area contributed by atoms with Gasteiger partial charge in [-0.25, -0.2) is 4.39 Å². The summed E-state index contributed by atoms with van der Waals surface area (Å²) in [5.74, 6) is -0.866. The Morgan fingerprint density at radius 1 is 1.56 bits per heavy atom. The van der Waals surface area contributed by atoms with Gasteiger partial charge in [0.2, 0.25) is 0 Å². The summed E-state index contributed by atoms with van der Waals surface area (Å²) >= 11 is 0. The predicted molar refractivity (Wildman–Crippen MR) is 56.7 cm³/mol. The smallest absolute Gasteiger partial charge is 0.197 e. The third kappa shape index (κ3) is 1.97. The number of ketones is 1. The van der Waals surface area contributed by atoms with Crippen molar-refractivity contribution < 1.29 is 13.9 Å². The van der Waals surface area contributed by atoms with Crippen molar-refractivity contribution in [3.63, 3.8) is 0 Å². The molecule has 1 fully saturated rings. The van der Waals surface area contributed by atoms with Crippen LogP contribution in [0.4, 0.5) is 4.39 Å². The Labute approximate surface area is 93.6 Å². The first-order chi connectivity index (χ1) is 7.63. The van der Waals surface area contributed by atoms with Crippen molar-refractivity contribution in [3.8, 4) is 0 Å². The third-order valence-corrected chi connectivity index (χ3v) is 2.97. The number of aromatic nitrogens is 1. The van der Waals surface area contributed by atoms with Crippen LogP contribution in [0.1, 0.15) is 36.5 Å². The van der Waals surface area contributed by atoms with Crippen molar-refractivity contribution in [1.82, 2.24) is 4.98 Å². The lowest BCUT2D eigenvalue weighted by Gasteiger charge is -2.32. The molecular formula is C12H14FNO2. The van der Waals surface area contributed by atoms with Crippen molar-refractivity contribution >= 4 is 5.78 Å². The number of halogens is 1. The highest BCUT2D eigenvalue weighted by Crippen LogP contribution is 2.28. The van der Waals surface area contributed by atoms with E-state index in [0.717, 1.165) is 19.0 Å². The minimum atomic E-state index is -0.875. The van der Waals surface area contributed by atoms with Gasteiger partial charge in [0.25, 0.3) is 0 Å². The molecule has 0 radical (unpaired) electrons. The van der Waals surface area contributed by atoms with E-state index in [9.17, 15) is 9.18 Å². The van der Waals surface area contributed by atoms with E-state index in [4.69, 9.17) is 4.74 Å². The number of pyridine rings is 1. The molecule has 1 saturated heterocycles. The first kappa shape index (κ1) is 11.2. The van der Waals surface area contributed by atoms with Gasteiger partial charge in [-0.05, 0) is 32.3 Å². The second kappa shape index (κ2) is 4.29. The Morgan fingerprint density at radius 2 is 2.38 bits per heavy atom. The fourth-order valence-electron chi connectivity index (χ4n) is 1.96. The van der Waals surface area contributed by atoms with Crippen LogP contribution >= 0.6 is 0 Å². The quantitative estimate of drug-likeness (QED) is 0.722. The van der Waals surface area contributed by atoms with Gasteiger partial charge < -0.3 is 4.74 Å². The predicted octanol–water partition coefficient (Wildman–Crippen LogP) is 2.36. The Morgan fingerprint density at radius 3 is 3.00 bits per heavy atom. The van der Waals surface area contributed by atoms with Gasteiger partial charge in [-0.15, -0.1) is 0 Å². The standard InChI is InChI=1S/C12H14FNO2/c1-12(5-2-3-7-16-12)11(15)9-4-6-14-8-10(9)13/h4,6,8H,2-3,5,7H2,1H3. The van der Waals surface area contributed by atoms with Crippen molar-refractivity contribution in [2.75, 3.05) is 6.61 Å². The van der Waals surface area contributed by atoms with Crippen LogP contribution in [0.2, 0.25) is 0 Å². The summed E-state index contributed by atoms with van der Waals surface area (Å²) < 4.78 is 18.9. The fourth-order valence-corrected chi connectivity index (χ4v) is 1.96. The average Bonchev–Trinajstić information content (AvgIpc) is 2.30. The number of Topliss-reactive ketones (excluding diaryl/α,β-unsaturated/α-hetero) is 1. The van der Waals surface area contributed by atoms with Crippen LogP contribution in [0.15, 0.2) is 18.5 Å². The summed E-state index contributed by atoms with van der Waals surface area (Å²) in [6.07, 6.45) is 5.02. The molecule has 2 heterocycles. The molecule has 0 N–H and O–H groups in total. The van der Waals surface area contributed by atoms with Crippen LogP contribution < -0.4 is 0 Å². The Hall–Kier alpha value is -1.29. The van der Waals surface area contributed by atoms with E-state index in [0.29, 0.717) is 13.0 Å². The molecule has 1 aliphatic heterocycles. The second-order valence-electron chi connectivity index (χ2n) is 4.22. The minimum Gasteiger partial charge on any atom is -0.367 e. The zero-order valence-corrected chi connectivity index (χ0v) is 9.20. The van der Waals surface area contributed by atoms with Gasteiger partial charge in [-0.3, -0.25) is 9.78 Å². The maximum absolute atomic E-state index is 13.4. The highest BCUT2D eigenvalue weighted by molar-refractivity contribution is 6.02. The number of hydrogen-bond acceptors (Lipinski definition) is 3. The van der Waals surface area contributed by atoms with E-state index < -0.39 is 11.4 Å². The Kier molecular flexibility index (Phi) is 3.01. The van der Waals surface area contributed by atoms with E-state index in [1.807, 2.05) is 0 Å². The summed E-state index contributed by atoms with van der Waals surface area (Å²) in [5.41, 5.74) is -0.806. The average molecular weight is 223 g/mol. The van der Waals surface area contributed by atoms with E-state index in [2.05, 4.69) is 4.98 Å². The lowest BCUT2D eigenvalue weighted by atomic mass is 9.88. The van der Waals surface area contributed by atoms with Gasteiger partial charge in [0.15, 0.2) is 11.6 Å². The molecule has 86 valence electrons. The highest BCUT2D eigenvalue weighted by atomic mass is 19.1. The number of carbonyl (C=O) groups is 1. The van der Waals surface area contributed by atoms with Gasteiger partial charge in [-0.2, -0.15) is 0 Å². The number of hydrogen-bond donors (Lipinski definition) is 0. The van der Waals surface area contributed by atoms with E-state index in [1.165, 1.54) is 12.3 Å². The molecule has 0 aliphatic carbocycles. The summed E-state index contributed by atoms with van der Waals surface area (Å²) in [5, 5.41) is 0. The number of nitrogens with zero attached hydrogens (tertiary/aromatic N) is 1. The van der Waals surface area contributed by atoms with Crippen LogP contribution in [-0.2, 0) is 4.74 Å². The summed E-state index contributed by atoms with van der Waals surface area (Å²) in [4.78, 5) is 15.8. The van der Waals surface area contributed by atoms with Gasteiger partial charge in [0, 0.05) is 12.8 Å². The zero-order chi connectivity index (χ0) is 11.6. The molecule has 1 aliphatic rings. The number of ether oxygens (including phenoxy) is 1. The van der Waals surface area contributed by atoms with Crippen LogP contribution in [0.3, 0.4) is 0 Å². The van der Waals surface area contributed by atoms with E-state index >= 15 is 0 Å². The van der Waals surface area contributed by atoms with Gasteiger partial charge in [-0.1, -0.05) is 0 Å². The molecule has 0 bridgehead atoms. The van der Waals surface area contributed by atoms with Crippen LogP contribution in [0, 0.1) is 5.82 Å². The van der Waals surface area contributed by atoms with Gasteiger partial charge in [0.05, 0.1) is 11.8 Å². The molecule has 0 amide bonds. The molecule has 0 aromatic carbocycles. The van der Waals surface area contributed by atoms with Gasteiger partial charge >= 0.3 is 0 Å². The molecular weight excluding hydrogens is 209 g/mol. The molecule has 4 heteroatoms. The number of rotatable bonds is 2. The van der Waals surface area contributed by atoms with Crippen LogP contribution in [-0.4, -0.2) is 23.0 Å². The van der Waals surface area contributed by atoms with Crippen molar-refractivity contribution in [2.24, 2.45) is 0 Å². The largest absolute Gasteiger partial charge is 0.367 e. The summed E-state index contributed by atoms with van der Waals surface area (Å²) in [7, 11) is 0. The van der Waals surface area contributed by atoms with Crippen molar-refractivity contribution in [2.45, 2.75) is 31.8 Å². The highest BCUT2D eigenvalue weighted by Gasteiger charge is 2.37. The van der Waals surface area contributed by atoms with Crippen LogP contribution in [0.25, 0.3) is 0 Å². The third-order valence-electron chi connectivity index (χ3n) is 2.97.